The van der Waals surface area contributed by atoms with Crippen LogP contribution in [0.25, 0.3) is 0 Å². The molecule has 1 heterocycles. The molecule has 1 amide bonds. The fourth-order valence-corrected chi connectivity index (χ4v) is 2.07. The first-order chi connectivity index (χ1) is 7.46. The molecule has 0 aromatic rings. The van der Waals surface area contributed by atoms with Crippen LogP contribution in [0.3, 0.4) is 0 Å². The molecule has 0 saturated carbocycles. The van der Waals surface area contributed by atoms with Gasteiger partial charge >= 0.3 is 5.97 Å². The van der Waals surface area contributed by atoms with Crippen LogP contribution in [-0.4, -0.2) is 48.1 Å². The van der Waals surface area contributed by atoms with Gasteiger partial charge in [-0.3, -0.25) is 9.59 Å². The number of nitrogens with zero attached hydrogens (tertiary/aromatic N) is 1. The Labute approximate surface area is 95.8 Å². The largest absolute Gasteiger partial charge is 0.481 e. The molecule has 2 N–H and O–H groups in total. The summed E-state index contributed by atoms with van der Waals surface area (Å²) in [5, 5.41) is 12.1. The van der Waals surface area contributed by atoms with E-state index in [0.29, 0.717) is 25.9 Å². The van der Waals surface area contributed by atoms with Gasteiger partial charge in [0.05, 0.1) is 11.5 Å². The Morgan fingerprint density at radius 3 is 2.56 bits per heavy atom. The summed E-state index contributed by atoms with van der Waals surface area (Å²) in [6, 6.07) is -0.249. The molecular weight excluding hydrogens is 208 g/mol. The average Bonchev–Trinajstić information content (AvgIpc) is 2.72. The van der Waals surface area contributed by atoms with Crippen LogP contribution in [0.5, 0.6) is 0 Å². The lowest BCUT2D eigenvalue weighted by atomic mass is 9.84. The van der Waals surface area contributed by atoms with Crippen LogP contribution in [0, 0.1) is 5.41 Å². The van der Waals surface area contributed by atoms with Gasteiger partial charge in [0.25, 0.3) is 0 Å². The molecule has 1 aliphatic rings. The highest BCUT2D eigenvalue weighted by atomic mass is 16.4. The highest BCUT2D eigenvalue weighted by Crippen LogP contribution is 2.34. The monoisotopic (exact) mass is 228 g/mol. The number of nitrogens with one attached hydrogen (secondary N) is 1. The molecule has 2 atom stereocenters. The maximum absolute atomic E-state index is 11.9. The van der Waals surface area contributed by atoms with Gasteiger partial charge in [0.1, 0.15) is 0 Å². The average molecular weight is 228 g/mol. The maximum Gasteiger partial charge on any atom is 0.311 e. The molecule has 0 spiro atoms. The molecule has 1 saturated heterocycles. The first kappa shape index (κ1) is 13.0. The number of carbonyl (C=O) groups is 2. The second-order valence-corrected chi connectivity index (χ2v) is 4.46. The van der Waals surface area contributed by atoms with E-state index in [0.717, 1.165) is 0 Å². The minimum Gasteiger partial charge on any atom is -0.481 e. The number of carboxylic acids is 1. The number of carboxylic acid groups (broad SMARTS) is 1. The second kappa shape index (κ2) is 4.82. The fraction of sp³-hybridized carbons (Fsp3) is 0.818. The normalized spacial score (nSPS) is 26.8. The molecular formula is C11H20N2O3. The maximum atomic E-state index is 11.9. The smallest absolute Gasteiger partial charge is 0.311 e. The van der Waals surface area contributed by atoms with Crippen LogP contribution in [-0.2, 0) is 9.59 Å². The summed E-state index contributed by atoms with van der Waals surface area (Å²) in [7, 11) is 1.73. The molecule has 2 unspecified atom stereocenters. The van der Waals surface area contributed by atoms with E-state index < -0.39 is 11.4 Å². The van der Waals surface area contributed by atoms with Gasteiger partial charge in [0.2, 0.25) is 5.91 Å². The number of likely N-dealkylation sites (N-methyl/N-ethyl adjacent to an activating group) is 1. The standard InChI is InChI=1S/C11H20N2O3/c1-4-11(10(15)16)5-6-13(7-11)9(14)8(2)12-3/h8,12H,4-7H2,1-3H3,(H,15,16). The zero-order chi connectivity index (χ0) is 12.3. The molecule has 0 aromatic carbocycles. The summed E-state index contributed by atoms with van der Waals surface area (Å²) in [5.74, 6) is -0.804. The highest BCUT2D eigenvalue weighted by Gasteiger charge is 2.45. The number of hydrogen-bond acceptors (Lipinski definition) is 3. The van der Waals surface area contributed by atoms with E-state index in [9.17, 15) is 14.7 Å². The zero-order valence-corrected chi connectivity index (χ0v) is 10.1. The van der Waals surface area contributed by atoms with Gasteiger partial charge in [-0.05, 0) is 26.8 Å². The number of likely N-dealkylation sites (tertiary alicyclic amines) is 1. The van der Waals surface area contributed by atoms with Crippen LogP contribution in [0.4, 0.5) is 0 Å². The molecule has 1 rings (SSSR count). The van der Waals surface area contributed by atoms with Crippen LogP contribution in [0.2, 0.25) is 0 Å². The second-order valence-electron chi connectivity index (χ2n) is 4.46. The van der Waals surface area contributed by atoms with Gasteiger partial charge in [0, 0.05) is 13.1 Å². The minimum absolute atomic E-state index is 0.0147. The summed E-state index contributed by atoms with van der Waals surface area (Å²) in [6.45, 7) is 4.54. The Balaban J connectivity index is 2.71. The first-order valence-electron chi connectivity index (χ1n) is 5.66. The summed E-state index contributed by atoms with van der Waals surface area (Å²) in [4.78, 5) is 24.7. The van der Waals surface area contributed by atoms with Gasteiger partial charge in [-0.1, -0.05) is 6.92 Å². The van der Waals surface area contributed by atoms with Crippen molar-refractivity contribution in [3.63, 3.8) is 0 Å². The zero-order valence-electron chi connectivity index (χ0n) is 10.1. The molecule has 0 bridgehead atoms. The third-order valence-electron chi connectivity index (χ3n) is 3.60. The third kappa shape index (κ3) is 2.19. The molecule has 0 radical (unpaired) electrons. The van der Waals surface area contributed by atoms with E-state index in [2.05, 4.69) is 5.32 Å². The van der Waals surface area contributed by atoms with Crippen LogP contribution in [0.1, 0.15) is 26.7 Å². The summed E-state index contributed by atoms with van der Waals surface area (Å²) < 4.78 is 0. The van der Waals surface area contributed by atoms with Gasteiger partial charge in [-0.25, -0.2) is 0 Å². The van der Waals surface area contributed by atoms with Crippen molar-refractivity contribution < 1.29 is 14.7 Å². The molecule has 0 aromatic heterocycles. The predicted molar refractivity (Wildman–Crippen MR) is 60.1 cm³/mol. The number of amides is 1. The lowest BCUT2D eigenvalue weighted by Gasteiger charge is -2.24. The van der Waals surface area contributed by atoms with Gasteiger partial charge < -0.3 is 15.3 Å². The van der Waals surface area contributed by atoms with Crippen LogP contribution >= 0.6 is 0 Å². The van der Waals surface area contributed by atoms with Crippen molar-refractivity contribution in [3.05, 3.63) is 0 Å². The quantitative estimate of drug-likeness (QED) is 0.726. The number of hydrogen-bond donors (Lipinski definition) is 2. The first-order valence-corrected chi connectivity index (χ1v) is 5.66. The van der Waals surface area contributed by atoms with Crippen molar-refractivity contribution in [2.75, 3.05) is 20.1 Å². The lowest BCUT2D eigenvalue weighted by molar-refractivity contribution is -0.148. The third-order valence-corrected chi connectivity index (χ3v) is 3.60. The van der Waals surface area contributed by atoms with Crippen LogP contribution < -0.4 is 5.32 Å². The molecule has 0 aliphatic carbocycles. The fourth-order valence-electron chi connectivity index (χ4n) is 2.07. The van der Waals surface area contributed by atoms with Crippen molar-refractivity contribution in [2.24, 2.45) is 5.41 Å². The molecule has 1 aliphatic heterocycles. The van der Waals surface area contributed by atoms with Crippen molar-refractivity contribution in [2.45, 2.75) is 32.7 Å². The predicted octanol–water partition coefficient (Wildman–Crippen LogP) is 0.308. The van der Waals surface area contributed by atoms with Gasteiger partial charge in [-0.15, -0.1) is 0 Å². The lowest BCUT2D eigenvalue weighted by Crippen LogP contribution is -2.44. The van der Waals surface area contributed by atoms with Gasteiger partial charge in [0.15, 0.2) is 0 Å². The summed E-state index contributed by atoms with van der Waals surface area (Å²) in [5.41, 5.74) is -0.733. The van der Waals surface area contributed by atoms with E-state index >= 15 is 0 Å². The molecule has 1 fully saturated rings. The van der Waals surface area contributed by atoms with Crippen LogP contribution in [0.15, 0.2) is 0 Å². The topological polar surface area (TPSA) is 69.6 Å². The summed E-state index contributed by atoms with van der Waals surface area (Å²) >= 11 is 0. The van der Waals surface area contributed by atoms with E-state index in [4.69, 9.17) is 0 Å². The Bertz CT molecular complexity index is 293. The SMILES string of the molecule is CCC1(C(=O)O)CCN(C(=O)C(C)NC)C1. The Hall–Kier alpha value is -1.10. The molecule has 5 nitrogen and oxygen atoms in total. The van der Waals surface area contributed by atoms with E-state index in [-0.39, 0.29) is 11.9 Å². The summed E-state index contributed by atoms with van der Waals surface area (Å²) in [6.07, 6.45) is 1.13. The number of carbonyl (C=O) groups excluding carboxylic acids is 1. The van der Waals surface area contributed by atoms with E-state index in [1.807, 2.05) is 6.92 Å². The van der Waals surface area contributed by atoms with E-state index in [1.165, 1.54) is 0 Å². The Morgan fingerprint density at radius 2 is 2.19 bits per heavy atom. The van der Waals surface area contributed by atoms with E-state index in [1.54, 1.807) is 18.9 Å². The van der Waals surface area contributed by atoms with Gasteiger partial charge in [-0.2, -0.15) is 0 Å². The number of rotatable bonds is 4. The molecule has 16 heavy (non-hydrogen) atoms. The Kier molecular flexibility index (Phi) is 3.91. The van der Waals surface area contributed by atoms with Crippen molar-refractivity contribution in [3.8, 4) is 0 Å². The molecule has 5 heteroatoms. The highest BCUT2D eigenvalue weighted by molar-refractivity contribution is 5.84. The minimum atomic E-state index is -0.789. The Morgan fingerprint density at radius 1 is 1.56 bits per heavy atom. The van der Waals surface area contributed by atoms with Crippen molar-refractivity contribution in [1.29, 1.82) is 0 Å². The van der Waals surface area contributed by atoms with Crippen molar-refractivity contribution in [1.82, 2.24) is 10.2 Å². The van der Waals surface area contributed by atoms with Crippen molar-refractivity contribution >= 4 is 11.9 Å². The number of aliphatic carboxylic acids is 1. The molecule has 92 valence electrons.